The minimum absolute atomic E-state index is 0.0771. The molecule has 0 radical (unpaired) electrons. The second-order valence-electron chi connectivity index (χ2n) is 9.59. The summed E-state index contributed by atoms with van der Waals surface area (Å²) in [5, 5.41) is 12.8. The quantitative estimate of drug-likeness (QED) is 0.247. The Morgan fingerprint density at radius 1 is 1.00 bits per heavy atom. The zero-order valence-corrected chi connectivity index (χ0v) is 21.5. The number of rotatable bonds is 8. The summed E-state index contributed by atoms with van der Waals surface area (Å²) in [6.45, 7) is 0. The smallest absolute Gasteiger partial charge is 0.303 e. The van der Waals surface area contributed by atoms with Crippen LogP contribution >= 0.6 is 11.6 Å². The largest absolute Gasteiger partial charge is 0.481 e. The summed E-state index contributed by atoms with van der Waals surface area (Å²) < 4.78 is 13.5. The van der Waals surface area contributed by atoms with E-state index < -0.39 is 5.97 Å². The van der Waals surface area contributed by atoms with Gasteiger partial charge in [-0.3, -0.25) is 9.59 Å². The molecule has 0 bridgehead atoms. The van der Waals surface area contributed by atoms with Crippen LogP contribution in [0.3, 0.4) is 0 Å². The Kier molecular flexibility index (Phi) is 7.65. The van der Waals surface area contributed by atoms with Crippen molar-refractivity contribution in [3.8, 4) is 11.3 Å². The maximum absolute atomic E-state index is 13.5. The molecule has 1 aliphatic rings. The first-order chi connectivity index (χ1) is 18.4. The van der Waals surface area contributed by atoms with E-state index in [2.05, 4.69) is 5.32 Å². The highest BCUT2D eigenvalue weighted by atomic mass is 35.5. The van der Waals surface area contributed by atoms with Gasteiger partial charge in [-0.25, -0.2) is 14.4 Å². The van der Waals surface area contributed by atoms with Crippen molar-refractivity contribution in [2.45, 2.75) is 51.0 Å². The molecule has 1 aliphatic carbocycles. The molecule has 6 nitrogen and oxygen atoms in total. The third-order valence-corrected chi connectivity index (χ3v) is 7.13. The Labute approximate surface area is 224 Å². The molecular formula is C30H27ClFN3O3. The van der Waals surface area contributed by atoms with Gasteiger partial charge in [0.15, 0.2) is 0 Å². The average Bonchev–Trinajstić information content (AvgIpc) is 2.90. The molecule has 1 heterocycles. The zero-order chi connectivity index (χ0) is 26.6. The van der Waals surface area contributed by atoms with Gasteiger partial charge in [0.05, 0.1) is 28.5 Å². The fraction of sp³-hybridized carbons (Fsp3) is 0.267. The van der Waals surface area contributed by atoms with Gasteiger partial charge in [-0.1, -0.05) is 17.7 Å². The number of carboxylic acid groups (broad SMARTS) is 1. The number of carboxylic acids is 1. The molecule has 0 fully saturated rings. The molecule has 0 unspecified atom stereocenters. The number of carbonyl (C=O) groups excluding carboxylic acids is 1. The highest BCUT2D eigenvalue weighted by Gasteiger charge is 2.23. The molecule has 1 aromatic heterocycles. The third kappa shape index (κ3) is 5.83. The van der Waals surface area contributed by atoms with Crippen LogP contribution in [0.15, 0.2) is 60.7 Å². The van der Waals surface area contributed by atoms with E-state index in [1.807, 2.05) is 18.2 Å². The molecule has 38 heavy (non-hydrogen) atoms. The number of aromatic nitrogens is 2. The van der Waals surface area contributed by atoms with Crippen molar-refractivity contribution in [1.82, 2.24) is 15.3 Å². The second kappa shape index (κ2) is 11.3. The van der Waals surface area contributed by atoms with Crippen molar-refractivity contribution in [2.75, 3.05) is 0 Å². The van der Waals surface area contributed by atoms with E-state index in [0.29, 0.717) is 52.3 Å². The lowest BCUT2D eigenvalue weighted by Crippen LogP contribution is -2.31. The highest BCUT2D eigenvalue weighted by molar-refractivity contribution is 6.30. The van der Waals surface area contributed by atoms with E-state index in [1.54, 1.807) is 30.3 Å². The first-order valence-corrected chi connectivity index (χ1v) is 13.1. The number of nitrogens with one attached hydrogen (secondary N) is 1. The summed E-state index contributed by atoms with van der Waals surface area (Å²) in [7, 11) is 0. The lowest BCUT2D eigenvalue weighted by molar-refractivity contribution is -0.137. The lowest BCUT2D eigenvalue weighted by Gasteiger charge is -2.26. The van der Waals surface area contributed by atoms with E-state index in [4.69, 9.17) is 26.7 Å². The van der Waals surface area contributed by atoms with Crippen molar-refractivity contribution >= 4 is 34.5 Å². The number of fused-ring (bicyclic) bond motifs is 2. The fourth-order valence-electron chi connectivity index (χ4n) is 4.99. The van der Waals surface area contributed by atoms with Crippen molar-refractivity contribution in [2.24, 2.45) is 0 Å². The number of amides is 1. The summed E-state index contributed by atoms with van der Waals surface area (Å²) in [6, 6.07) is 17.0. The summed E-state index contributed by atoms with van der Waals surface area (Å²) in [5.74, 6) is -1.37. The van der Waals surface area contributed by atoms with Gasteiger partial charge in [0, 0.05) is 22.6 Å². The van der Waals surface area contributed by atoms with Crippen molar-refractivity contribution < 1.29 is 19.1 Å². The molecule has 1 atom stereocenters. The molecule has 194 valence electrons. The van der Waals surface area contributed by atoms with Crippen LogP contribution in [0.2, 0.25) is 5.02 Å². The number of aryl methyl sites for hydroxylation is 2. The lowest BCUT2D eigenvalue weighted by atomic mass is 9.87. The standard InChI is InChI=1S/C30H27ClFN3O3/c31-21-11-14-23-19(16-21)4-3-6-24(23)35-30(38)20-10-15-25-27(17-20)33-26(5-1-2-7-28(36)37)29(34-25)18-8-12-22(32)13-9-18/h8-17,24H,1-7H2,(H,35,38)(H,36,37)/t24-/m1/s1. The molecule has 3 aromatic carbocycles. The molecule has 0 aliphatic heterocycles. The number of unbranched alkanes of at least 4 members (excludes halogenated alkanes) is 1. The van der Waals surface area contributed by atoms with Crippen LogP contribution in [0.1, 0.15) is 65.3 Å². The summed E-state index contributed by atoms with van der Waals surface area (Å²) in [4.78, 5) is 33.8. The SMILES string of the molecule is O=C(O)CCCCc1nc2cc(C(=O)N[C@@H]3CCCc4cc(Cl)ccc43)ccc2nc1-c1ccc(F)cc1. The van der Waals surface area contributed by atoms with Crippen LogP contribution in [0.25, 0.3) is 22.3 Å². The second-order valence-corrected chi connectivity index (χ2v) is 10.0. The fourth-order valence-corrected chi connectivity index (χ4v) is 5.18. The predicted octanol–water partition coefficient (Wildman–Crippen LogP) is 6.69. The third-order valence-electron chi connectivity index (χ3n) is 6.90. The summed E-state index contributed by atoms with van der Waals surface area (Å²) in [5.41, 5.74) is 5.99. The van der Waals surface area contributed by atoms with E-state index in [-0.39, 0.29) is 24.2 Å². The predicted molar refractivity (Wildman–Crippen MR) is 145 cm³/mol. The van der Waals surface area contributed by atoms with Gasteiger partial charge in [-0.2, -0.15) is 0 Å². The molecule has 8 heteroatoms. The van der Waals surface area contributed by atoms with Crippen LogP contribution in [0.4, 0.5) is 4.39 Å². The van der Waals surface area contributed by atoms with Gasteiger partial charge in [-0.05, 0) is 104 Å². The van der Waals surface area contributed by atoms with Crippen molar-refractivity contribution in [3.05, 3.63) is 93.9 Å². The van der Waals surface area contributed by atoms with E-state index in [9.17, 15) is 14.0 Å². The van der Waals surface area contributed by atoms with Crippen molar-refractivity contribution in [1.29, 1.82) is 0 Å². The van der Waals surface area contributed by atoms with Gasteiger partial charge in [0.2, 0.25) is 0 Å². The molecular weight excluding hydrogens is 505 g/mol. The monoisotopic (exact) mass is 531 g/mol. The van der Waals surface area contributed by atoms with Gasteiger partial charge >= 0.3 is 5.97 Å². The van der Waals surface area contributed by atoms with E-state index in [0.717, 1.165) is 30.4 Å². The maximum atomic E-state index is 13.5. The van der Waals surface area contributed by atoms with E-state index >= 15 is 0 Å². The zero-order valence-electron chi connectivity index (χ0n) is 20.7. The summed E-state index contributed by atoms with van der Waals surface area (Å²) >= 11 is 6.16. The number of aliphatic carboxylic acids is 1. The highest BCUT2D eigenvalue weighted by Crippen LogP contribution is 2.32. The normalized spacial score (nSPS) is 14.7. The average molecular weight is 532 g/mol. The summed E-state index contributed by atoms with van der Waals surface area (Å²) in [6.07, 6.45) is 4.49. The number of hydrogen-bond acceptors (Lipinski definition) is 4. The number of benzene rings is 3. The Hall–Kier alpha value is -3.84. The van der Waals surface area contributed by atoms with Crippen LogP contribution in [-0.2, 0) is 17.6 Å². The number of hydrogen-bond donors (Lipinski definition) is 2. The molecule has 2 N–H and O–H groups in total. The molecule has 0 saturated carbocycles. The Bertz CT molecular complexity index is 1510. The Balaban J connectivity index is 1.43. The van der Waals surface area contributed by atoms with E-state index in [1.165, 1.54) is 17.7 Å². The minimum atomic E-state index is -0.840. The van der Waals surface area contributed by atoms with Gasteiger partial charge in [0.25, 0.3) is 5.91 Å². The van der Waals surface area contributed by atoms with Crippen LogP contribution in [0, 0.1) is 5.82 Å². The number of nitrogens with zero attached hydrogens (tertiary/aromatic N) is 2. The maximum Gasteiger partial charge on any atom is 0.303 e. The van der Waals surface area contributed by atoms with Crippen molar-refractivity contribution in [3.63, 3.8) is 0 Å². The molecule has 0 saturated heterocycles. The van der Waals surface area contributed by atoms with Gasteiger partial charge in [0.1, 0.15) is 5.82 Å². The Morgan fingerprint density at radius 3 is 2.61 bits per heavy atom. The first-order valence-electron chi connectivity index (χ1n) is 12.7. The number of carbonyl (C=O) groups is 2. The Morgan fingerprint density at radius 2 is 1.82 bits per heavy atom. The van der Waals surface area contributed by atoms with Gasteiger partial charge in [-0.15, -0.1) is 0 Å². The topological polar surface area (TPSA) is 92.2 Å². The van der Waals surface area contributed by atoms with Crippen LogP contribution in [0.5, 0.6) is 0 Å². The molecule has 0 spiro atoms. The van der Waals surface area contributed by atoms with Crippen LogP contribution < -0.4 is 5.32 Å². The minimum Gasteiger partial charge on any atom is -0.481 e. The number of halogens is 2. The molecule has 4 aromatic rings. The molecule has 5 rings (SSSR count). The molecule has 1 amide bonds. The first kappa shape index (κ1) is 25.8. The van der Waals surface area contributed by atoms with Crippen LogP contribution in [-0.4, -0.2) is 27.0 Å². The van der Waals surface area contributed by atoms with Gasteiger partial charge < -0.3 is 10.4 Å².